The molecule has 1 aliphatic rings. The fraction of sp³-hybridized carbons (Fsp3) is 0.800. The summed E-state index contributed by atoms with van der Waals surface area (Å²) < 4.78 is 5.16. The van der Waals surface area contributed by atoms with Crippen molar-refractivity contribution >= 4 is 11.9 Å². The predicted octanol–water partition coefficient (Wildman–Crippen LogP) is -0.447. The van der Waals surface area contributed by atoms with Crippen LogP contribution in [0.2, 0.25) is 0 Å². The van der Waals surface area contributed by atoms with Crippen molar-refractivity contribution in [2.45, 2.75) is 18.9 Å². The molecule has 1 fully saturated rings. The highest BCUT2D eigenvalue weighted by atomic mass is 16.5. The molecule has 0 spiro atoms. The van der Waals surface area contributed by atoms with E-state index in [0.717, 1.165) is 6.42 Å². The van der Waals surface area contributed by atoms with E-state index in [1.165, 1.54) is 4.90 Å². The number of hydrogen-bond donors (Lipinski definition) is 2. The van der Waals surface area contributed by atoms with Gasteiger partial charge < -0.3 is 20.3 Å². The Hall–Kier alpha value is -1.30. The predicted molar refractivity (Wildman–Crippen MR) is 59.1 cm³/mol. The molecule has 0 saturated carbocycles. The largest absolute Gasteiger partial charge is 0.379 e. The highest BCUT2D eigenvalue weighted by molar-refractivity contribution is 5.78. The number of carbonyl (C=O) groups excluding carboxylic acids is 2. The van der Waals surface area contributed by atoms with Crippen LogP contribution in [0.5, 0.6) is 0 Å². The Bertz CT molecular complexity index is 252. The van der Waals surface area contributed by atoms with E-state index in [0.29, 0.717) is 26.2 Å². The van der Waals surface area contributed by atoms with Crippen LogP contribution in [0.25, 0.3) is 0 Å². The van der Waals surface area contributed by atoms with Crippen LogP contribution >= 0.6 is 0 Å². The van der Waals surface area contributed by atoms with Gasteiger partial charge in [0.2, 0.25) is 5.91 Å². The first-order valence-electron chi connectivity index (χ1n) is 5.43. The average molecular weight is 229 g/mol. The third-order valence-corrected chi connectivity index (χ3v) is 2.56. The second-order valence-electron chi connectivity index (χ2n) is 3.85. The molecule has 0 radical (unpaired) electrons. The summed E-state index contributed by atoms with van der Waals surface area (Å²) in [6.45, 7) is 1.70. The summed E-state index contributed by atoms with van der Waals surface area (Å²) >= 11 is 0. The fourth-order valence-electron chi connectivity index (χ4n) is 1.43. The minimum atomic E-state index is -0.153. The maximum atomic E-state index is 11.6. The van der Waals surface area contributed by atoms with Gasteiger partial charge in [-0.1, -0.05) is 0 Å². The molecule has 16 heavy (non-hydrogen) atoms. The van der Waals surface area contributed by atoms with Gasteiger partial charge in [0.25, 0.3) is 0 Å². The monoisotopic (exact) mass is 229 g/mol. The number of amides is 3. The van der Waals surface area contributed by atoms with Crippen molar-refractivity contribution in [2.24, 2.45) is 0 Å². The molecule has 1 unspecified atom stereocenters. The van der Waals surface area contributed by atoms with Gasteiger partial charge in [-0.3, -0.25) is 4.79 Å². The fourth-order valence-corrected chi connectivity index (χ4v) is 1.43. The molecular weight excluding hydrogens is 210 g/mol. The summed E-state index contributed by atoms with van der Waals surface area (Å²) in [5.41, 5.74) is 0. The van der Waals surface area contributed by atoms with Gasteiger partial charge in [-0.2, -0.15) is 0 Å². The Balaban J connectivity index is 2.21. The molecule has 1 saturated heterocycles. The molecule has 1 rings (SSSR count). The van der Waals surface area contributed by atoms with Gasteiger partial charge in [-0.05, 0) is 6.42 Å². The molecule has 2 N–H and O–H groups in total. The zero-order chi connectivity index (χ0) is 12.0. The Labute approximate surface area is 95.3 Å². The summed E-state index contributed by atoms with van der Waals surface area (Å²) in [5.74, 6) is -0.0659. The van der Waals surface area contributed by atoms with E-state index in [4.69, 9.17) is 4.74 Å². The lowest BCUT2D eigenvalue weighted by atomic mass is 10.3. The van der Waals surface area contributed by atoms with Crippen LogP contribution in [-0.4, -0.2) is 56.7 Å². The highest BCUT2D eigenvalue weighted by Gasteiger charge is 2.19. The molecule has 3 amide bonds. The summed E-state index contributed by atoms with van der Waals surface area (Å²) in [5, 5.41) is 5.37. The van der Waals surface area contributed by atoms with Gasteiger partial charge in [0, 0.05) is 33.7 Å². The lowest BCUT2D eigenvalue weighted by molar-refractivity contribution is -0.120. The van der Waals surface area contributed by atoms with Crippen molar-refractivity contribution in [3.05, 3.63) is 0 Å². The molecular formula is C10H19N3O3. The lowest BCUT2D eigenvalue weighted by Crippen LogP contribution is -2.44. The van der Waals surface area contributed by atoms with E-state index in [2.05, 4.69) is 10.6 Å². The van der Waals surface area contributed by atoms with Crippen LogP contribution in [-0.2, 0) is 9.53 Å². The van der Waals surface area contributed by atoms with Crippen LogP contribution in [0.1, 0.15) is 12.8 Å². The molecule has 0 aromatic heterocycles. The first-order chi connectivity index (χ1) is 7.63. The molecule has 0 aromatic rings. The van der Waals surface area contributed by atoms with Gasteiger partial charge in [-0.25, -0.2) is 4.79 Å². The summed E-state index contributed by atoms with van der Waals surface area (Å²) in [7, 11) is 3.26. The van der Waals surface area contributed by atoms with Crippen LogP contribution in [0.15, 0.2) is 0 Å². The Kier molecular flexibility index (Phi) is 5.04. The number of rotatable bonds is 4. The molecule has 0 aliphatic carbocycles. The van der Waals surface area contributed by atoms with Crippen molar-refractivity contribution in [2.75, 3.05) is 33.9 Å². The first-order valence-corrected chi connectivity index (χ1v) is 5.43. The number of hydrogen-bond acceptors (Lipinski definition) is 3. The quantitative estimate of drug-likeness (QED) is 0.686. The van der Waals surface area contributed by atoms with Gasteiger partial charge in [-0.15, -0.1) is 0 Å². The zero-order valence-corrected chi connectivity index (χ0v) is 9.78. The van der Waals surface area contributed by atoms with E-state index >= 15 is 0 Å². The zero-order valence-electron chi connectivity index (χ0n) is 9.78. The van der Waals surface area contributed by atoms with Crippen LogP contribution in [0.4, 0.5) is 4.79 Å². The maximum Gasteiger partial charge on any atom is 0.317 e. The number of nitrogens with zero attached hydrogens (tertiary/aromatic N) is 1. The van der Waals surface area contributed by atoms with Gasteiger partial charge >= 0.3 is 6.03 Å². The van der Waals surface area contributed by atoms with Crippen LogP contribution in [0, 0.1) is 0 Å². The average Bonchev–Trinajstić information content (AvgIpc) is 2.77. The van der Waals surface area contributed by atoms with E-state index in [1.54, 1.807) is 14.1 Å². The topological polar surface area (TPSA) is 70.7 Å². The summed E-state index contributed by atoms with van der Waals surface area (Å²) in [6.07, 6.45) is 1.18. The molecule has 1 heterocycles. The molecule has 6 nitrogen and oxygen atoms in total. The van der Waals surface area contributed by atoms with Crippen molar-refractivity contribution < 1.29 is 14.3 Å². The van der Waals surface area contributed by atoms with Crippen LogP contribution < -0.4 is 10.6 Å². The molecule has 0 aromatic carbocycles. The highest BCUT2D eigenvalue weighted by Crippen LogP contribution is 2.03. The minimum absolute atomic E-state index is 0.0659. The Morgan fingerprint density at radius 1 is 1.50 bits per heavy atom. The van der Waals surface area contributed by atoms with Crippen molar-refractivity contribution in [3.63, 3.8) is 0 Å². The second-order valence-corrected chi connectivity index (χ2v) is 3.85. The van der Waals surface area contributed by atoms with Crippen molar-refractivity contribution in [1.82, 2.24) is 15.5 Å². The van der Waals surface area contributed by atoms with Crippen molar-refractivity contribution in [1.29, 1.82) is 0 Å². The number of carbonyl (C=O) groups is 2. The van der Waals surface area contributed by atoms with Crippen molar-refractivity contribution in [3.8, 4) is 0 Å². The Morgan fingerprint density at radius 2 is 2.25 bits per heavy atom. The van der Waals surface area contributed by atoms with Gasteiger partial charge in [0.15, 0.2) is 0 Å². The van der Waals surface area contributed by atoms with Gasteiger partial charge in [0.1, 0.15) is 0 Å². The third-order valence-electron chi connectivity index (χ3n) is 2.56. The first kappa shape index (κ1) is 12.8. The molecule has 0 bridgehead atoms. The molecule has 92 valence electrons. The van der Waals surface area contributed by atoms with E-state index in [-0.39, 0.29) is 18.0 Å². The standard InChI is InChI=1S/C10H19N3O3/c1-11-9(14)3-5-13(2)10(15)12-8-4-6-16-7-8/h8H,3-7H2,1-2H3,(H,11,14)(H,12,15). The Morgan fingerprint density at radius 3 is 2.81 bits per heavy atom. The molecule has 6 heteroatoms. The summed E-state index contributed by atoms with van der Waals surface area (Å²) in [6, 6.07) is -0.0469. The van der Waals surface area contributed by atoms with E-state index < -0.39 is 0 Å². The normalized spacial score (nSPS) is 19.2. The van der Waals surface area contributed by atoms with Gasteiger partial charge in [0.05, 0.1) is 12.6 Å². The molecule has 1 atom stereocenters. The SMILES string of the molecule is CNC(=O)CCN(C)C(=O)NC1CCOC1. The molecule has 1 aliphatic heterocycles. The second kappa shape index (κ2) is 6.32. The van der Waals surface area contributed by atoms with Crippen LogP contribution in [0.3, 0.4) is 0 Å². The van der Waals surface area contributed by atoms with E-state index in [9.17, 15) is 9.59 Å². The smallest absolute Gasteiger partial charge is 0.317 e. The third kappa shape index (κ3) is 4.06. The number of urea groups is 1. The number of nitrogens with one attached hydrogen (secondary N) is 2. The maximum absolute atomic E-state index is 11.6. The number of ether oxygens (including phenoxy) is 1. The lowest BCUT2D eigenvalue weighted by Gasteiger charge is -2.19. The van der Waals surface area contributed by atoms with E-state index in [1.807, 2.05) is 0 Å². The minimum Gasteiger partial charge on any atom is -0.379 e. The summed E-state index contributed by atoms with van der Waals surface area (Å²) in [4.78, 5) is 24.1.